The highest BCUT2D eigenvalue weighted by molar-refractivity contribution is 5.93. The predicted octanol–water partition coefficient (Wildman–Crippen LogP) is 2.35. The van der Waals surface area contributed by atoms with E-state index >= 15 is 0 Å². The molecule has 1 aliphatic rings. The van der Waals surface area contributed by atoms with Crippen LogP contribution in [0.5, 0.6) is 5.75 Å². The third kappa shape index (κ3) is 3.57. The van der Waals surface area contributed by atoms with Crippen molar-refractivity contribution in [2.75, 3.05) is 19.7 Å². The summed E-state index contributed by atoms with van der Waals surface area (Å²) in [5, 5.41) is 10.7. The smallest absolute Gasteiger partial charge is 0.272 e. The Balaban J connectivity index is 1.62. The fourth-order valence-electron chi connectivity index (χ4n) is 2.86. The zero-order valence-electron chi connectivity index (χ0n) is 14.0. The van der Waals surface area contributed by atoms with Crippen LogP contribution < -0.4 is 4.74 Å². The highest BCUT2D eigenvalue weighted by Crippen LogP contribution is 2.24. The van der Waals surface area contributed by atoms with E-state index in [0.29, 0.717) is 18.7 Å². The molecule has 2 aromatic rings. The van der Waals surface area contributed by atoms with Gasteiger partial charge in [0.25, 0.3) is 5.91 Å². The van der Waals surface area contributed by atoms with Gasteiger partial charge in [0.05, 0.1) is 6.54 Å². The summed E-state index contributed by atoms with van der Waals surface area (Å²) < 4.78 is 5.70. The number of carbonyl (C=O) groups is 1. The lowest BCUT2D eigenvalue weighted by Crippen LogP contribution is -2.41. The number of rotatable bonds is 4. The van der Waals surface area contributed by atoms with Crippen LogP contribution >= 0.6 is 0 Å². The minimum atomic E-state index is -1.02. The maximum Gasteiger partial charge on any atom is 0.272 e. The van der Waals surface area contributed by atoms with Crippen molar-refractivity contribution < 1.29 is 14.6 Å². The molecule has 24 heavy (non-hydrogen) atoms. The summed E-state index contributed by atoms with van der Waals surface area (Å²) in [7, 11) is 0. The summed E-state index contributed by atoms with van der Waals surface area (Å²) in [5.41, 5.74) is 1.42. The number of carbonyl (C=O) groups excluding carboxylic acids is 1. The Morgan fingerprint density at radius 1 is 1.29 bits per heavy atom. The maximum absolute atomic E-state index is 12.6. The Kier molecular flexibility index (Phi) is 4.53. The van der Waals surface area contributed by atoms with E-state index in [-0.39, 0.29) is 19.1 Å². The number of aromatic nitrogens is 1. The van der Waals surface area contributed by atoms with Gasteiger partial charge < -0.3 is 14.7 Å². The summed E-state index contributed by atoms with van der Waals surface area (Å²) in [4.78, 5) is 18.4. The van der Waals surface area contributed by atoms with Crippen molar-refractivity contribution in [3.63, 3.8) is 0 Å². The van der Waals surface area contributed by atoms with E-state index in [0.717, 1.165) is 16.9 Å². The number of amides is 1. The Bertz CT molecular complexity index is 730. The first kappa shape index (κ1) is 16.5. The van der Waals surface area contributed by atoms with Gasteiger partial charge in [0.1, 0.15) is 23.7 Å². The van der Waals surface area contributed by atoms with Gasteiger partial charge in [-0.25, -0.2) is 0 Å². The number of benzene rings is 1. The normalized spacial score (nSPS) is 20.2. The average Bonchev–Trinajstić information content (AvgIpc) is 2.97. The molecule has 126 valence electrons. The monoisotopic (exact) mass is 326 g/mol. The zero-order valence-corrected chi connectivity index (χ0v) is 14.0. The van der Waals surface area contributed by atoms with Crippen LogP contribution in [0.1, 0.15) is 28.0 Å². The fraction of sp³-hybridized carbons (Fsp3) is 0.368. The van der Waals surface area contributed by atoms with Crippen molar-refractivity contribution in [1.82, 2.24) is 9.88 Å². The molecular formula is C19H22N2O3. The molecule has 0 bridgehead atoms. The third-order valence-electron chi connectivity index (χ3n) is 4.36. The van der Waals surface area contributed by atoms with Gasteiger partial charge in [-0.05, 0) is 44.0 Å². The van der Waals surface area contributed by atoms with Gasteiger partial charge in [0.15, 0.2) is 0 Å². The molecule has 2 heterocycles. The van der Waals surface area contributed by atoms with Crippen LogP contribution in [0.25, 0.3) is 0 Å². The first-order valence-electron chi connectivity index (χ1n) is 8.10. The van der Waals surface area contributed by atoms with E-state index < -0.39 is 5.60 Å². The summed E-state index contributed by atoms with van der Waals surface area (Å²) >= 11 is 0. The van der Waals surface area contributed by atoms with E-state index in [9.17, 15) is 9.90 Å². The van der Waals surface area contributed by atoms with Crippen LogP contribution in [0.3, 0.4) is 0 Å². The van der Waals surface area contributed by atoms with Gasteiger partial charge in [0.2, 0.25) is 0 Å². The molecule has 0 saturated carbocycles. The van der Waals surface area contributed by atoms with E-state index in [1.54, 1.807) is 11.1 Å². The minimum absolute atomic E-state index is 0.139. The molecule has 0 radical (unpaired) electrons. The lowest BCUT2D eigenvalue weighted by Gasteiger charge is -2.23. The molecule has 1 aromatic heterocycles. The molecule has 1 amide bonds. The van der Waals surface area contributed by atoms with Crippen molar-refractivity contribution in [1.29, 1.82) is 0 Å². The molecule has 0 aliphatic carbocycles. The highest BCUT2D eigenvalue weighted by Gasteiger charge is 2.39. The molecule has 5 nitrogen and oxygen atoms in total. The number of pyridine rings is 1. The molecule has 5 heteroatoms. The second-order valence-electron chi connectivity index (χ2n) is 6.47. The minimum Gasteiger partial charge on any atom is -0.491 e. The zero-order chi connectivity index (χ0) is 17.2. The van der Waals surface area contributed by atoms with Crippen molar-refractivity contribution in [2.45, 2.75) is 25.9 Å². The Morgan fingerprint density at radius 3 is 2.75 bits per heavy atom. The molecule has 1 unspecified atom stereocenters. The molecule has 1 aromatic carbocycles. The highest BCUT2D eigenvalue weighted by atomic mass is 16.5. The lowest BCUT2D eigenvalue weighted by molar-refractivity contribution is 0.00424. The van der Waals surface area contributed by atoms with E-state index in [1.807, 2.05) is 50.2 Å². The quantitative estimate of drug-likeness (QED) is 0.937. The Morgan fingerprint density at radius 2 is 2.04 bits per heavy atom. The summed E-state index contributed by atoms with van der Waals surface area (Å²) in [5.74, 6) is 0.582. The maximum atomic E-state index is 12.6. The van der Waals surface area contributed by atoms with Gasteiger partial charge in [0, 0.05) is 12.7 Å². The molecule has 1 saturated heterocycles. The van der Waals surface area contributed by atoms with Gasteiger partial charge in [-0.15, -0.1) is 0 Å². The number of likely N-dealkylation sites (tertiary alicyclic amines) is 1. The van der Waals surface area contributed by atoms with Gasteiger partial charge in [-0.3, -0.25) is 9.78 Å². The van der Waals surface area contributed by atoms with Crippen LogP contribution in [-0.4, -0.2) is 46.2 Å². The second-order valence-corrected chi connectivity index (χ2v) is 6.47. The van der Waals surface area contributed by atoms with Crippen molar-refractivity contribution in [3.8, 4) is 5.75 Å². The number of aryl methyl sites for hydroxylation is 2. The fourth-order valence-corrected chi connectivity index (χ4v) is 2.86. The van der Waals surface area contributed by atoms with E-state index in [4.69, 9.17) is 4.74 Å². The van der Waals surface area contributed by atoms with Crippen LogP contribution in [-0.2, 0) is 0 Å². The van der Waals surface area contributed by atoms with Crippen molar-refractivity contribution >= 4 is 5.91 Å². The van der Waals surface area contributed by atoms with Gasteiger partial charge in [-0.1, -0.05) is 23.8 Å². The molecule has 1 aliphatic heterocycles. The molecular weight excluding hydrogens is 304 g/mol. The van der Waals surface area contributed by atoms with Gasteiger partial charge in [-0.2, -0.15) is 0 Å². The standard InChI is InChI=1S/C19H22N2O3/c1-14-5-7-16(8-6-14)24-13-19(23)9-11-21(12-19)18(22)17-15(2)4-3-10-20-17/h3-8,10,23H,9,11-13H2,1-2H3. The first-order chi connectivity index (χ1) is 11.5. The molecule has 1 N–H and O–H groups in total. The number of hydrogen-bond acceptors (Lipinski definition) is 4. The van der Waals surface area contributed by atoms with Crippen LogP contribution in [0.15, 0.2) is 42.6 Å². The van der Waals surface area contributed by atoms with Crippen LogP contribution in [0.2, 0.25) is 0 Å². The van der Waals surface area contributed by atoms with Crippen molar-refractivity contribution in [2.24, 2.45) is 0 Å². The average molecular weight is 326 g/mol. The molecule has 3 rings (SSSR count). The second kappa shape index (κ2) is 6.61. The van der Waals surface area contributed by atoms with Crippen molar-refractivity contribution in [3.05, 3.63) is 59.4 Å². The number of hydrogen-bond donors (Lipinski definition) is 1. The van der Waals surface area contributed by atoms with Crippen LogP contribution in [0.4, 0.5) is 0 Å². The summed E-state index contributed by atoms with van der Waals surface area (Å²) in [6.07, 6.45) is 2.11. The number of aliphatic hydroxyl groups is 1. The third-order valence-corrected chi connectivity index (χ3v) is 4.36. The number of nitrogens with zero attached hydrogens (tertiary/aromatic N) is 2. The van der Waals surface area contributed by atoms with E-state index in [2.05, 4.69) is 4.98 Å². The van der Waals surface area contributed by atoms with E-state index in [1.165, 1.54) is 0 Å². The number of β-amino-alcohol motifs (C(OH)–C–C–N with tert-alkyl or cyclic N) is 1. The molecule has 0 spiro atoms. The largest absolute Gasteiger partial charge is 0.491 e. The Hall–Kier alpha value is -2.40. The topological polar surface area (TPSA) is 62.7 Å². The molecule has 1 fully saturated rings. The Labute approximate surface area is 141 Å². The first-order valence-corrected chi connectivity index (χ1v) is 8.10. The van der Waals surface area contributed by atoms with Gasteiger partial charge >= 0.3 is 0 Å². The summed E-state index contributed by atoms with van der Waals surface area (Å²) in [6.45, 7) is 4.80. The van der Waals surface area contributed by atoms with Crippen LogP contribution in [0, 0.1) is 13.8 Å². The lowest BCUT2D eigenvalue weighted by atomic mass is 10.1. The molecule has 1 atom stereocenters. The number of ether oxygens (including phenoxy) is 1. The predicted molar refractivity (Wildman–Crippen MR) is 91.1 cm³/mol. The SMILES string of the molecule is Cc1ccc(OCC2(O)CCN(C(=O)c3ncccc3C)C2)cc1. The summed E-state index contributed by atoms with van der Waals surface area (Å²) in [6, 6.07) is 11.4.